The standard InChI is InChI=1S/C17H19F3N2O4/c18-17(19,20)12-7-5-11(6-8-12)16(25)21-9-15(24)26-10-14(23)22-13-3-1-2-4-13/h5-8,13H,1-4,9-10H2,(H,21,25)(H,22,23). The van der Waals surface area contributed by atoms with E-state index in [0.717, 1.165) is 49.9 Å². The molecule has 9 heteroatoms. The predicted molar refractivity (Wildman–Crippen MR) is 85.1 cm³/mol. The fraction of sp³-hybridized carbons (Fsp3) is 0.471. The van der Waals surface area contributed by atoms with E-state index in [1.807, 2.05) is 0 Å². The van der Waals surface area contributed by atoms with E-state index >= 15 is 0 Å². The summed E-state index contributed by atoms with van der Waals surface area (Å²) < 4.78 is 42.1. The molecule has 0 unspecified atom stereocenters. The molecule has 1 aromatic rings. The van der Waals surface area contributed by atoms with Crippen LogP contribution in [-0.2, 0) is 20.5 Å². The summed E-state index contributed by atoms with van der Waals surface area (Å²) in [4.78, 5) is 34.9. The summed E-state index contributed by atoms with van der Waals surface area (Å²) in [5.74, 6) is -1.93. The Morgan fingerprint density at radius 1 is 1.08 bits per heavy atom. The first-order valence-electron chi connectivity index (χ1n) is 8.16. The van der Waals surface area contributed by atoms with Crippen molar-refractivity contribution in [1.82, 2.24) is 10.6 Å². The zero-order chi connectivity index (χ0) is 19.2. The quantitative estimate of drug-likeness (QED) is 0.749. The topological polar surface area (TPSA) is 84.5 Å². The van der Waals surface area contributed by atoms with Crippen molar-refractivity contribution < 1.29 is 32.3 Å². The maximum atomic E-state index is 12.5. The average Bonchev–Trinajstić information content (AvgIpc) is 3.10. The van der Waals surface area contributed by atoms with E-state index in [4.69, 9.17) is 4.74 Å². The van der Waals surface area contributed by atoms with Crippen molar-refractivity contribution in [2.24, 2.45) is 0 Å². The second kappa shape index (κ2) is 8.68. The Kier molecular flexibility index (Phi) is 6.59. The maximum absolute atomic E-state index is 12.5. The van der Waals surface area contributed by atoms with Crippen LogP contribution in [0.25, 0.3) is 0 Å². The number of nitrogens with one attached hydrogen (secondary N) is 2. The summed E-state index contributed by atoms with van der Waals surface area (Å²) in [6.07, 6.45) is -0.564. The minimum atomic E-state index is -4.49. The van der Waals surface area contributed by atoms with Gasteiger partial charge in [-0.25, -0.2) is 0 Å². The molecule has 1 aliphatic rings. The fourth-order valence-electron chi connectivity index (χ4n) is 2.60. The van der Waals surface area contributed by atoms with Crippen molar-refractivity contribution in [3.8, 4) is 0 Å². The van der Waals surface area contributed by atoms with Gasteiger partial charge in [-0.05, 0) is 37.1 Å². The van der Waals surface area contributed by atoms with Crippen LogP contribution < -0.4 is 10.6 Å². The third-order valence-corrected chi connectivity index (χ3v) is 3.95. The Bertz CT molecular complexity index is 653. The fourth-order valence-corrected chi connectivity index (χ4v) is 2.60. The molecule has 1 aliphatic carbocycles. The molecule has 0 heterocycles. The van der Waals surface area contributed by atoms with Gasteiger partial charge in [0.05, 0.1) is 5.56 Å². The van der Waals surface area contributed by atoms with Crippen LogP contribution in [0.4, 0.5) is 13.2 Å². The number of amides is 2. The number of alkyl halides is 3. The Morgan fingerprint density at radius 2 is 1.69 bits per heavy atom. The molecular formula is C17H19F3N2O4. The van der Waals surface area contributed by atoms with E-state index in [1.165, 1.54) is 0 Å². The predicted octanol–water partition coefficient (Wildman–Crippen LogP) is 2.04. The van der Waals surface area contributed by atoms with Crippen LogP contribution in [0, 0.1) is 0 Å². The number of carbonyl (C=O) groups is 3. The Morgan fingerprint density at radius 3 is 2.27 bits per heavy atom. The van der Waals surface area contributed by atoms with E-state index in [-0.39, 0.29) is 11.6 Å². The number of benzene rings is 1. The minimum Gasteiger partial charge on any atom is -0.454 e. The molecule has 142 valence electrons. The van der Waals surface area contributed by atoms with Crippen molar-refractivity contribution in [3.63, 3.8) is 0 Å². The number of rotatable bonds is 6. The van der Waals surface area contributed by atoms with Crippen LogP contribution in [0.5, 0.6) is 0 Å². The van der Waals surface area contributed by atoms with Gasteiger partial charge in [-0.3, -0.25) is 14.4 Å². The SMILES string of the molecule is O=C(COC(=O)CNC(=O)c1ccc(C(F)(F)F)cc1)NC1CCCC1. The van der Waals surface area contributed by atoms with Gasteiger partial charge in [0.15, 0.2) is 6.61 Å². The summed E-state index contributed by atoms with van der Waals surface area (Å²) in [5.41, 5.74) is -0.897. The lowest BCUT2D eigenvalue weighted by molar-refractivity contribution is -0.147. The molecule has 2 amide bonds. The number of carbonyl (C=O) groups excluding carboxylic acids is 3. The molecule has 0 aliphatic heterocycles. The van der Waals surface area contributed by atoms with E-state index in [1.54, 1.807) is 0 Å². The van der Waals surface area contributed by atoms with Gasteiger partial charge in [0.1, 0.15) is 6.54 Å². The minimum absolute atomic E-state index is 0.0234. The number of esters is 1. The second-order valence-electron chi connectivity index (χ2n) is 5.97. The van der Waals surface area contributed by atoms with Crippen molar-refractivity contribution in [2.45, 2.75) is 37.9 Å². The van der Waals surface area contributed by atoms with Gasteiger partial charge in [0, 0.05) is 11.6 Å². The Balaban J connectivity index is 1.71. The summed E-state index contributed by atoms with van der Waals surface area (Å²) in [5, 5.41) is 4.97. The Labute approximate surface area is 148 Å². The van der Waals surface area contributed by atoms with Crippen molar-refractivity contribution >= 4 is 17.8 Å². The highest BCUT2D eigenvalue weighted by Gasteiger charge is 2.30. The van der Waals surface area contributed by atoms with Gasteiger partial charge in [0.2, 0.25) is 0 Å². The van der Waals surface area contributed by atoms with Gasteiger partial charge in [-0.2, -0.15) is 13.2 Å². The molecule has 26 heavy (non-hydrogen) atoms. The number of hydrogen-bond donors (Lipinski definition) is 2. The van der Waals surface area contributed by atoms with E-state index in [0.29, 0.717) is 0 Å². The molecule has 6 nitrogen and oxygen atoms in total. The van der Waals surface area contributed by atoms with Gasteiger partial charge >= 0.3 is 12.1 Å². The molecule has 0 bridgehead atoms. The largest absolute Gasteiger partial charge is 0.454 e. The number of halogens is 3. The average molecular weight is 372 g/mol. The highest BCUT2D eigenvalue weighted by Crippen LogP contribution is 2.29. The first kappa shape index (κ1) is 19.7. The molecule has 1 aromatic carbocycles. The molecule has 0 spiro atoms. The molecule has 0 saturated heterocycles. The maximum Gasteiger partial charge on any atom is 0.416 e. The summed E-state index contributed by atoms with van der Waals surface area (Å²) in [6, 6.07) is 3.69. The lowest BCUT2D eigenvalue weighted by atomic mass is 10.1. The second-order valence-corrected chi connectivity index (χ2v) is 5.97. The molecular weight excluding hydrogens is 353 g/mol. The summed E-state index contributed by atoms with van der Waals surface area (Å²) >= 11 is 0. The lowest BCUT2D eigenvalue weighted by Crippen LogP contribution is -2.37. The van der Waals surface area contributed by atoms with Crippen LogP contribution >= 0.6 is 0 Å². The van der Waals surface area contributed by atoms with Crippen molar-refractivity contribution in [2.75, 3.05) is 13.2 Å². The van der Waals surface area contributed by atoms with Gasteiger partial charge in [0.25, 0.3) is 11.8 Å². The van der Waals surface area contributed by atoms with Crippen LogP contribution in [-0.4, -0.2) is 37.0 Å². The Hall–Kier alpha value is -2.58. The molecule has 2 rings (SSSR count). The third-order valence-electron chi connectivity index (χ3n) is 3.95. The monoisotopic (exact) mass is 372 g/mol. The highest BCUT2D eigenvalue weighted by atomic mass is 19.4. The normalized spacial score (nSPS) is 14.7. The van der Waals surface area contributed by atoms with Gasteiger partial charge < -0.3 is 15.4 Å². The van der Waals surface area contributed by atoms with Crippen molar-refractivity contribution in [1.29, 1.82) is 0 Å². The van der Waals surface area contributed by atoms with Gasteiger partial charge in [-0.1, -0.05) is 12.8 Å². The molecule has 0 radical (unpaired) electrons. The van der Waals surface area contributed by atoms with E-state index in [9.17, 15) is 27.6 Å². The van der Waals surface area contributed by atoms with Crippen LogP contribution in [0.2, 0.25) is 0 Å². The number of hydrogen-bond acceptors (Lipinski definition) is 4. The zero-order valence-corrected chi connectivity index (χ0v) is 13.9. The third kappa shape index (κ3) is 6.05. The van der Waals surface area contributed by atoms with Crippen LogP contribution in [0.15, 0.2) is 24.3 Å². The van der Waals surface area contributed by atoms with E-state index < -0.39 is 42.7 Å². The first-order chi connectivity index (χ1) is 12.3. The summed E-state index contributed by atoms with van der Waals surface area (Å²) in [6.45, 7) is -0.929. The van der Waals surface area contributed by atoms with Gasteiger partial charge in [-0.15, -0.1) is 0 Å². The molecule has 1 fully saturated rings. The smallest absolute Gasteiger partial charge is 0.416 e. The van der Waals surface area contributed by atoms with E-state index in [2.05, 4.69) is 10.6 Å². The first-order valence-corrected chi connectivity index (χ1v) is 8.16. The lowest BCUT2D eigenvalue weighted by Gasteiger charge is -2.12. The zero-order valence-electron chi connectivity index (χ0n) is 13.9. The molecule has 2 N–H and O–H groups in total. The van der Waals surface area contributed by atoms with Crippen molar-refractivity contribution in [3.05, 3.63) is 35.4 Å². The van der Waals surface area contributed by atoms with Crippen LogP contribution in [0.1, 0.15) is 41.6 Å². The molecule has 0 aromatic heterocycles. The highest BCUT2D eigenvalue weighted by molar-refractivity contribution is 5.96. The van der Waals surface area contributed by atoms with Crippen LogP contribution in [0.3, 0.4) is 0 Å². The molecule has 1 saturated carbocycles. The molecule has 0 atom stereocenters. The summed E-state index contributed by atoms with van der Waals surface area (Å²) in [7, 11) is 0. The number of ether oxygens (including phenoxy) is 1.